The number of benzene rings is 1. The molecule has 2 nitrogen and oxygen atoms in total. The van der Waals surface area contributed by atoms with E-state index in [1.807, 2.05) is 12.1 Å². The zero-order valence-electron chi connectivity index (χ0n) is 11.8. The molecule has 0 fully saturated rings. The van der Waals surface area contributed by atoms with E-state index in [4.69, 9.17) is 4.74 Å². The molecule has 102 valence electrons. The molecule has 1 aromatic rings. The topological polar surface area (TPSA) is 21.3 Å². The monoisotopic (exact) mass is 313 g/mol. The molecule has 0 saturated carbocycles. The lowest BCUT2D eigenvalue weighted by atomic mass is 9.82. The average molecular weight is 314 g/mol. The molecule has 0 heterocycles. The minimum Gasteiger partial charge on any atom is -0.496 e. The van der Waals surface area contributed by atoms with Crippen molar-refractivity contribution in [3.05, 3.63) is 28.2 Å². The van der Waals surface area contributed by atoms with Crippen molar-refractivity contribution in [1.29, 1.82) is 0 Å². The van der Waals surface area contributed by atoms with Crippen LogP contribution in [-0.4, -0.2) is 20.2 Å². The highest BCUT2D eigenvalue weighted by molar-refractivity contribution is 9.10. The molecule has 0 spiro atoms. The molecule has 0 unspecified atom stereocenters. The summed E-state index contributed by atoms with van der Waals surface area (Å²) < 4.78 is 6.55. The summed E-state index contributed by atoms with van der Waals surface area (Å²) in [7, 11) is 1.73. The Bertz CT molecular complexity index is 377. The zero-order chi connectivity index (χ0) is 13.6. The number of hydrogen-bond donors (Lipinski definition) is 1. The number of ether oxygens (including phenoxy) is 1. The number of halogens is 1. The van der Waals surface area contributed by atoms with Gasteiger partial charge in [-0.2, -0.15) is 0 Å². The number of nitrogens with one attached hydrogen (secondary N) is 1. The molecule has 0 amide bonds. The van der Waals surface area contributed by atoms with Crippen LogP contribution in [-0.2, 0) is 6.42 Å². The quantitative estimate of drug-likeness (QED) is 0.767. The van der Waals surface area contributed by atoms with E-state index in [0.717, 1.165) is 36.2 Å². The number of methoxy groups -OCH3 is 1. The zero-order valence-corrected chi connectivity index (χ0v) is 13.4. The van der Waals surface area contributed by atoms with E-state index in [-0.39, 0.29) is 5.41 Å². The first-order chi connectivity index (χ1) is 8.48. The van der Waals surface area contributed by atoms with E-state index in [9.17, 15) is 0 Å². The first-order valence-corrected chi connectivity index (χ1v) is 7.31. The van der Waals surface area contributed by atoms with Crippen molar-refractivity contribution < 1.29 is 4.74 Å². The third-order valence-electron chi connectivity index (χ3n) is 3.14. The molecule has 0 radical (unpaired) electrons. The summed E-state index contributed by atoms with van der Waals surface area (Å²) in [6.07, 6.45) is 2.19. The van der Waals surface area contributed by atoms with E-state index in [0.29, 0.717) is 0 Å². The molecule has 0 saturated heterocycles. The van der Waals surface area contributed by atoms with Gasteiger partial charge in [-0.05, 0) is 55.1 Å². The predicted octanol–water partition coefficient (Wildman–Crippen LogP) is 4.03. The van der Waals surface area contributed by atoms with Gasteiger partial charge in [-0.1, -0.05) is 36.7 Å². The molecular weight excluding hydrogens is 290 g/mol. The maximum Gasteiger partial charge on any atom is 0.122 e. The van der Waals surface area contributed by atoms with Crippen LogP contribution in [0.5, 0.6) is 5.75 Å². The summed E-state index contributed by atoms with van der Waals surface area (Å²) >= 11 is 3.53. The van der Waals surface area contributed by atoms with Crippen LogP contribution >= 0.6 is 15.9 Å². The third-order valence-corrected chi connectivity index (χ3v) is 3.63. The minimum atomic E-state index is 0.274. The van der Waals surface area contributed by atoms with Crippen molar-refractivity contribution in [1.82, 2.24) is 5.32 Å². The molecule has 18 heavy (non-hydrogen) atoms. The molecule has 0 aliphatic rings. The van der Waals surface area contributed by atoms with Crippen LogP contribution in [0.2, 0.25) is 0 Å². The van der Waals surface area contributed by atoms with Gasteiger partial charge in [-0.3, -0.25) is 0 Å². The summed E-state index contributed by atoms with van der Waals surface area (Å²) in [5.41, 5.74) is 1.55. The van der Waals surface area contributed by atoms with Crippen LogP contribution < -0.4 is 10.1 Å². The van der Waals surface area contributed by atoms with Crippen LogP contribution in [0.3, 0.4) is 0 Å². The predicted molar refractivity (Wildman–Crippen MR) is 81.3 cm³/mol. The number of rotatable bonds is 7. The van der Waals surface area contributed by atoms with E-state index in [1.165, 1.54) is 5.56 Å². The molecule has 0 bridgehead atoms. The summed E-state index contributed by atoms with van der Waals surface area (Å²) in [5.74, 6) is 0.981. The lowest BCUT2D eigenvalue weighted by molar-refractivity contribution is 0.319. The van der Waals surface area contributed by atoms with E-state index < -0.39 is 0 Å². The van der Waals surface area contributed by atoms with Gasteiger partial charge in [0.1, 0.15) is 5.75 Å². The largest absolute Gasteiger partial charge is 0.496 e. The molecule has 1 N–H and O–H groups in total. The average Bonchev–Trinajstić information content (AvgIpc) is 2.29. The van der Waals surface area contributed by atoms with Crippen LogP contribution in [0.4, 0.5) is 0 Å². The Balaban J connectivity index is 2.72. The first-order valence-electron chi connectivity index (χ1n) is 6.51. The molecule has 0 aromatic heterocycles. The van der Waals surface area contributed by atoms with Crippen molar-refractivity contribution in [3.8, 4) is 5.75 Å². The molecule has 1 rings (SSSR count). The van der Waals surface area contributed by atoms with E-state index in [1.54, 1.807) is 7.11 Å². The molecule has 1 aromatic carbocycles. The summed E-state index contributed by atoms with van der Waals surface area (Å²) in [4.78, 5) is 0. The third kappa shape index (κ3) is 4.99. The Morgan fingerprint density at radius 3 is 2.67 bits per heavy atom. The van der Waals surface area contributed by atoms with Gasteiger partial charge >= 0.3 is 0 Å². The van der Waals surface area contributed by atoms with Gasteiger partial charge in [0.25, 0.3) is 0 Å². The maximum absolute atomic E-state index is 5.44. The van der Waals surface area contributed by atoms with Crippen molar-refractivity contribution in [2.45, 2.75) is 33.6 Å². The van der Waals surface area contributed by atoms with Crippen molar-refractivity contribution in [2.24, 2.45) is 5.41 Å². The highest BCUT2D eigenvalue weighted by atomic mass is 79.9. The Labute approximate surface area is 119 Å². The van der Waals surface area contributed by atoms with E-state index >= 15 is 0 Å². The second kappa shape index (κ2) is 7.15. The fourth-order valence-corrected chi connectivity index (χ4v) is 2.50. The fourth-order valence-electron chi connectivity index (χ4n) is 2.09. The first kappa shape index (κ1) is 15.5. The molecule has 3 heteroatoms. The second-order valence-corrected chi connectivity index (χ2v) is 6.32. The Morgan fingerprint density at radius 2 is 2.06 bits per heavy atom. The standard InChI is InChI=1S/C15H24BrNO/c1-5-17-9-8-15(2,3)11-12-10-13(16)6-7-14(12)18-4/h6-7,10,17H,5,8-9,11H2,1-4H3. The summed E-state index contributed by atoms with van der Waals surface area (Å²) in [6.45, 7) is 8.87. The van der Waals surface area contributed by atoms with Crippen LogP contribution in [0, 0.1) is 5.41 Å². The minimum absolute atomic E-state index is 0.274. The van der Waals surface area contributed by atoms with Crippen LogP contribution in [0.25, 0.3) is 0 Å². The highest BCUT2D eigenvalue weighted by Gasteiger charge is 2.20. The Hall–Kier alpha value is -0.540. The van der Waals surface area contributed by atoms with Gasteiger partial charge in [-0.15, -0.1) is 0 Å². The number of hydrogen-bond acceptors (Lipinski definition) is 2. The smallest absolute Gasteiger partial charge is 0.122 e. The maximum atomic E-state index is 5.44. The Kier molecular flexibility index (Phi) is 6.16. The second-order valence-electron chi connectivity index (χ2n) is 5.40. The lowest BCUT2D eigenvalue weighted by Crippen LogP contribution is -2.24. The van der Waals surface area contributed by atoms with Gasteiger partial charge in [-0.25, -0.2) is 0 Å². The highest BCUT2D eigenvalue weighted by Crippen LogP contribution is 2.32. The normalized spacial score (nSPS) is 11.6. The van der Waals surface area contributed by atoms with Crippen molar-refractivity contribution in [3.63, 3.8) is 0 Å². The van der Waals surface area contributed by atoms with Gasteiger partial charge in [0.05, 0.1) is 7.11 Å². The fraction of sp³-hybridized carbons (Fsp3) is 0.600. The van der Waals surface area contributed by atoms with Gasteiger partial charge in [0.2, 0.25) is 0 Å². The summed E-state index contributed by atoms with van der Waals surface area (Å²) in [5, 5.41) is 3.39. The van der Waals surface area contributed by atoms with Gasteiger partial charge in [0, 0.05) is 4.47 Å². The van der Waals surface area contributed by atoms with Crippen LogP contribution in [0.15, 0.2) is 22.7 Å². The molecule has 0 atom stereocenters. The SMILES string of the molecule is CCNCCC(C)(C)Cc1cc(Br)ccc1OC. The molecule has 0 aliphatic heterocycles. The Morgan fingerprint density at radius 1 is 1.33 bits per heavy atom. The van der Waals surface area contributed by atoms with Gasteiger partial charge < -0.3 is 10.1 Å². The van der Waals surface area contributed by atoms with Crippen molar-refractivity contribution >= 4 is 15.9 Å². The van der Waals surface area contributed by atoms with Crippen LogP contribution in [0.1, 0.15) is 32.8 Å². The summed E-state index contributed by atoms with van der Waals surface area (Å²) in [6, 6.07) is 6.21. The lowest BCUT2D eigenvalue weighted by Gasteiger charge is -2.26. The van der Waals surface area contributed by atoms with Gasteiger partial charge in [0.15, 0.2) is 0 Å². The van der Waals surface area contributed by atoms with E-state index in [2.05, 4.69) is 48.1 Å². The van der Waals surface area contributed by atoms with Crippen molar-refractivity contribution in [2.75, 3.05) is 20.2 Å². The molecule has 0 aliphatic carbocycles. The molecular formula is C15H24BrNO.